The zero-order valence-electron chi connectivity index (χ0n) is 10.3. The quantitative estimate of drug-likeness (QED) is 0.794. The molecular weight excluding hydrogens is 238 g/mol. The van der Waals surface area contributed by atoms with E-state index in [1.54, 1.807) is 6.07 Å². The molecule has 0 spiro atoms. The third kappa shape index (κ3) is 4.65. The number of rotatable bonds is 6. The van der Waals surface area contributed by atoms with E-state index in [4.69, 9.17) is 16.3 Å². The van der Waals surface area contributed by atoms with Gasteiger partial charge in [-0.15, -0.1) is 0 Å². The van der Waals surface area contributed by atoms with Crippen LogP contribution in [0.25, 0.3) is 0 Å². The van der Waals surface area contributed by atoms with Gasteiger partial charge >= 0.3 is 0 Å². The summed E-state index contributed by atoms with van der Waals surface area (Å²) in [7, 11) is 0. The van der Waals surface area contributed by atoms with Crippen LogP contribution in [0.2, 0.25) is 5.02 Å². The van der Waals surface area contributed by atoms with Gasteiger partial charge in [-0.1, -0.05) is 37.1 Å². The van der Waals surface area contributed by atoms with Crippen LogP contribution in [-0.2, 0) is 4.79 Å². The summed E-state index contributed by atoms with van der Waals surface area (Å²) in [6.07, 6.45) is 2.04. The topological polar surface area (TPSA) is 38.3 Å². The predicted octanol–water partition coefficient (Wildman–Crippen LogP) is 2.94. The first-order valence-corrected chi connectivity index (χ1v) is 6.17. The number of carbonyl (C=O) groups excluding carboxylic acids is 1. The molecular formula is C13H18ClNO2. The Bertz CT molecular complexity index is 359. The summed E-state index contributed by atoms with van der Waals surface area (Å²) >= 11 is 5.98. The number of nitrogens with one attached hydrogen (secondary N) is 1. The third-order valence-corrected chi connectivity index (χ3v) is 2.66. The lowest BCUT2D eigenvalue weighted by Crippen LogP contribution is -2.29. The van der Waals surface area contributed by atoms with Crippen LogP contribution in [-0.4, -0.2) is 19.1 Å². The van der Waals surface area contributed by atoms with Gasteiger partial charge in [0, 0.05) is 6.54 Å². The average Bonchev–Trinajstić information content (AvgIpc) is 2.29. The Hall–Kier alpha value is -1.22. The van der Waals surface area contributed by atoms with E-state index < -0.39 is 0 Å². The van der Waals surface area contributed by atoms with Crippen molar-refractivity contribution in [2.45, 2.75) is 26.7 Å². The Labute approximate surface area is 107 Å². The Morgan fingerprint density at radius 1 is 1.47 bits per heavy atom. The number of amides is 1. The first-order valence-electron chi connectivity index (χ1n) is 5.79. The standard InChI is InChI=1S/C13H18ClNO2/c1-3-4-8-15-12(16)9-17-13-10(2)6-5-7-11(13)14/h5-7H,3-4,8-9H2,1-2H3,(H,15,16). The van der Waals surface area contributed by atoms with Gasteiger partial charge in [-0.3, -0.25) is 4.79 Å². The number of hydrogen-bond donors (Lipinski definition) is 1. The predicted molar refractivity (Wildman–Crippen MR) is 69.6 cm³/mol. The second kappa shape index (κ2) is 7.17. The Kier molecular flexibility index (Phi) is 5.84. The third-order valence-electron chi connectivity index (χ3n) is 2.36. The number of carbonyl (C=O) groups is 1. The first-order chi connectivity index (χ1) is 8.15. The highest BCUT2D eigenvalue weighted by atomic mass is 35.5. The van der Waals surface area contributed by atoms with Crippen molar-refractivity contribution in [3.05, 3.63) is 28.8 Å². The number of unbranched alkanes of at least 4 members (excludes halogenated alkanes) is 1. The first kappa shape index (κ1) is 13.8. The van der Waals surface area contributed by atoms with Crippen molar-refractivity contribution in [2.24, 2.45) is 0 Å². The van der Waals surface area contributed by atoms with Gasteiger partial charge in [-0.25, -0.2) is 0 Å². The molecule has 0 saturated carbocycles. The molecule has 0 radical (unpaired) electrons. The minimum absolute atomic E-state index is 0.00822. The fourth-order valence-electron chi connectivity index (χ4n) is 1.39. The molecule has 1 aromatic carbocycles. The summed E-state index contributed by atoms with van der Waals surface area (Å²) in [5, 5.41) is 3.32. The van der Waals surface area contributed by atoms with E-state index in [-0.39, 0.29) is 12.5 Å². The molecule has 4 heteroatoms. The lowest BCUT2D eigenvalue weighted by molar-refractivity contribution is -0.123. The van der Waals surface area contributed by atoms with Crippen molar-refractivity contribution in [3.8, 4) is 5.75 Å². The fraction of sp³-hybridized carbons (Fsp3) is 0.462. The smallest absolute Gasteiger partial charge is 0.257 e. The summed E-state index contributed by atoms with van der Waals surface area (Å²) in [6.45, 7) is 4.68. The van der Waals surface area contributed by atoms with Crippen molar-refractivity contribution in [1.29, 1.82) is 0 Å². The molecule has 94 valence electrons. The maximum absolute atomic E-state index is 11.4. The van der Waals surface area contributed by atoms with Gasteiger partial charge in [-0.2, -0.15) is 0 Å². The normalized spacial score (nSPS) is 10.1. The zero-order chi connectivity index (χ0) is 12.7. The van der Waals surface area contributed by atoms with Crippen molar-refractivity contribution in [2.75, 3.05) is 13.2 Å². The van der Waals surface area contributed by atoms with E-state index >= 15 is 0 Å². The average molecular weight is 256 g/mol. The SMILES string of the molecule is CCCCNC(=O)COc1c(C)cccc1Cl. The van der Waals surface area contributed by atoms with Gasteiger partial charge in [0.15, 0.2) is 6.61 Å². The Morgan fingerprint density at radius 3 is 2.88 bits per heavy atom. The molecule has 0 aliphatic rings. The van der Waals surface area contributed by atoms with Gasteiger partial charge in [0.1, 0.15) is 5.75 Å². The van der Waals surface area contributed by atoms with Crippen LogP contribution < -0.4 is 10.1 Å². The van der Waals surface area contributed by atoms with Crippen LogP contribution in [0.1, 0.15) is 25.3 Å². The molecule has 1 N–H and O–H groups in total. The number of benzene rings is 1. The molecule has 0 aliphatic carbocycles. The lowest BCUT2D eigenvalue weighted by Gasteiger charge is -2.10. The van der Waals surface area contributed by atoms with Gasteiger partial charge in [0.2, 0.25) is 0 Å². The zero-order valence-corrected chi connectivity index (χ0v) is 11.0. The fourth-order valence-corrected chi connectivity index (χ4v) is 1.67. The summed E-state index contributed by atoms with van der Waals surface area (Å²) in [5.41, 5.74) is 0.929. The lowest BCUT2D eigenvalue weighted by atomic mass is 10.2. The molecule has 1 amide bonds. The number of para-hydroxylation sites is 1. The van der Waals surface area contributed by atoms with Crippen molar-refractivity contribution in [3.63, 3.8) is 0 Å². The molecule has 0 fully saturated rings. The van der Waals surface area contributed by atoms with Crippen LogP contribution in [0, 0.1) is 6.92 Å². The Balaban J connectivity index is 2.42. The molecule has 1 rings (SSSR count). The summed E-state index contributed by atoms with van der Waals surface area (Å²) < 4.78 is 5.42. The van der Waals surface area contributed by atoms with Gasteiger partial charge in [-0.05, 0) is 25.0 Å². The van der Waals surface area contributed by atoms with Crippen molar-refractivity contribution in [1.82, 2.24) is 5.32 Å². The summed E-state index contributed by atoms with van der Waals surface area (Å²) in [6, 6.07) is 5.50. The van der Waals surface area contributed by atoms with E-state index in [0.717, 1.165) is 18.4 Å². The van der Waals surface area contributed by atoms with E-state index in [0.29, 0.717) is 17.3 Å². The molecule has 0 unspecified atom stereocenters. The molecule has 0 aliphatic heterocycles. The molecule has 0 bridgehead atoms. The minimum Gasteiger partial charge on any atom is -0.482 e. The van der Waals surface area contributed by atoms with Crippen LogP contribution in [0.4, 0.5) is 0 Å². The van der Waals surface area contributed by atoms with Crippen LogP contribution >= 0.6 is 11.6 Å². The molecule has 0 heterocycles. The summed E-state index contributed by atoms with van der Waals surface area (Å²) in [5.74, 6) is 0.470. The van der Waals surface area contributed by atoms with E-state index in [1.807, 2.05) is 19.1 Å². The maximum Gasteiger partial charge on any atom is 0.257 e. The molecule has 0 aromatic heterocycles. The maximum atomic E-state index is 11.4. The van der Waals surface area contributed by atoms with Crippen LogP contribution in [0.3, 0.4) is 0 Å². The summed E-state index contributed by atoms with van der Waals surface area (Å²) in [4.78, 5) is 11.4. The second-order valence-corrected chi connectivity index (χ2v) is 4.29. The Morgan fingerprint density at radius 2 is 2.24 bits per heavy atom. The number of hydrogen-bond acceptors (Lipinski definition) is 2. The van der Waals surface area contributed by atoms with Crippen LogP contribution in [0.15, 0.2) is 18.2 Å². The van der Waals surface area contributed by atoms with E-state index in [1.165, 1.54) is 0 Å². The number of aryl methyl sites for hydroxylation is 1. The highest BCUT2D eigenvalue weighted by molar-refractivity contribution is 6.32. The van der Waals surface area contributed by atoms with Crippen LogP contribution in [0.5, 0.6) is 5.75 Å². The van der Waals surface area contributed by atoms with E-state index in [9.17, 15) is 4.79 Å². The molecule has 1 aromatic rings. The van der Waals surface area contributed by atoms with Gasteiger partial charge < -0.3 is 10.1 Å². The highest BCUT2D eigenvalue weighted by Crippen LogP contribution is 2.27. The minimum atomic E-state index is -0.113. The number of ether oxygens (including phenoxy) is 1. The monoisotopic (exact) mass is 255 g/mol. The van der Waals surface area contributed by atoms with Gasteiger partial charge in [0.05, 0.1) is 5.02 Å². The second-order valence-electron chi connectivity index (χ2n) is 3.88. The molecule has 17 heavy (non-hydrogen) atoms. The highest BCUT2D eigenvalue weighted by Gasteiger charge is 2.07. The van der Waals surface area contributed by atoms with Gasteiger partial charge in [0.25, 0.3) is 5.91 Å². The largest absolute Gasteiger partial charge is 0.482 e. The molecule has 0 atom stereocenters. The van der Waals surface area contributed by atoms with E-state index in [2.05, 4.69) is 12.2 Å². The van der Waals surface area contributed by atoms with Crippen molar-refractivity contribution >= 4 is 17.5 Å². The molecule has 3 nitrogen and oxygen atoms in total. The molecule has 0 saturated heterocycles. The number of halogens is 1. The van der Waals surface area contributed by atoms with Crippen molar-refractivity contribution < 1.29 is 9.53 Å².